The molecule has 0 aromatic heterocycles. The molecule has 2 aromatic rings. The summed E-state index contributed by atoms with van der Waals surface area (Å²) >= 11 is 0. The molecule has 0 fully saturated rings. The fourth-order valence-corrected chi connectivity index (χ4v) is 2.90. The van der Waals surface area contributed by atoms with Crippen LogP contribution < -0.4 is 9.47 Å². The zero-order valence-corrected chi connectivity index (χ0v) is 14.9. The van der Waals surface area contributed by atoms with Crippen LogP contribution in [0.2, 0.25) is 0 Å². The highest BCUT2D eigenvalue weighted by Crippen LogP contribution is 2.38. The normalized spacial score (nSPS) is 10.9. The number of ether oxygens (including phenoxy) is 2. The van der Waals surface area contributed by atoms with Gasteiger partial charge >= 0.3 is 0 Å². The van der Waals surface area contributed by atoms with Gasteiger partial charge in [-0.2, -0.15) is 0 Å². The van der Waals surface area contributed by atoms with E-state index < -0.39 is 0 Å². The number of aliphatic hydroxyl groups excluding tert-OH is 2. The van der Waals surface area contributed by atoms with Crippen molar-refractivity contribution < 1.29 is 19.7 Å². The molecule has 0 spiro atoms. The van der Waals surface area contributed by atoms with Crippen LogP contribution in [0.4, 0.5) is 0 Å². The van der Waals surface area contributed by atoms with Crippen molar-refractivity contribution >= 4 is 0 Å². The summed E-state index contributed by atoms with van der Waals surface area (Å²) in [4.78, 5) is 0. The van der Waals surface area contributed by atoms with Gasteiger partial charge in [0.2, 0.25) is 0 Å². The minimum atomic E-state index is 0.126. The number of para-hydroxylation sites is 2. The SMILES string of the molecule is CCC(c1ccccc1OCCCO)c1ccccc1OCCCO. The predicted octanol–water partition coefficient (Wildman–Crippen LogP) is 3.75. The number of rotatable bonds is 11. The molecular formula is C21H28O4. The lowest BCUT2D eigenvalue weighted by Crippen LogP contribution is -2.08. The van der Waals surface area contributed by atoms with E-state index in [4.69, 9.17) is 19.7 Å². The Morgan fingerprint density at radius 1 is 0.760 bits per heavy atom. The minimum Gasteiger partial charge on any atom is -0.493 e. The topological polar surface area (TPSA) is 58.9 Å². The van der Waals surface area contributed by atoms with E-state index in [1.54, 1.807) is 0 Å². The van der Waals surface area contributed by atoms with E-state index in [9.17, 15) is 0 Å². The third kappa shape index (κ3) is 5.48. The fourth-order valence-electron chi connectivity index (χ4n) is 2.90. The molecule has 0 saturated heterocycles. The molecule has 0 saturated carbocycles. The van der Waals surface area contributed by atoms with E-state index in [1.165, 1.54) is 0 Å². The lowest BCUT2D eigenvalue weighted by Gasteiger charge is -2.22. The van der Waals surface area contributed by atoms with Crippen LogP contribution in [0.1, 0.15) is 43.2 Å². The van der Waals surface area contributed by atoms with E-state index >= 15 is 0 Å². The van der Waals surface area contributed by atoms with Crippen molar-refractivity contribution in [3.63, 3.8) is 0 Å². The van der Waals surface area contributed by atoms with Gasteiger partial charge in [-0.05, 0) is 18.6 Å². The smallest absolute Gasteiger partial charge is 0.123 e. The summed E-state index contributed by atoms with van der Waals surface area (Å²) in [5.41, 5.74) is 2.25. The highest BCUT2D eigenvalue weighted by molar-refractivity contribution is 5.47. The van der Waals surface area contributed by atoms with Crippen LogP contribution in [-0.4, -0.2) is 36.6 Å². The van der Waals surface area contributed by atoms with Gasteiger partial charge in [0.05, 0.1) is 13.2 Å². The second-order valence-corrected chi connectivity index (χ2v) is 5.89. The second kappa shape index (κ2) is 10.7. The highest BCUT2D eigenvalue weighted by atomic mass is 16.5. The Hall–Kier alpha value is -2.04. The second-order valence-electron chi connectivity index (χ2n) is 5.89. The lowest BCUT2D eigenvalue weighted by molar-refractivity contribution is 0.231. The summed E-state index contributed by atoms with van der Waals surface area (Å²) in [5, 5.41) is 17.9. The largest absolute Gasteiger partial charge is 0.493 e. The summed E-state index contributed by atoms with van der Waals surface area (Å²) in [6.45, 7) is 3.40. The summed E-state index contributed by atoms with van der Waals surface area (Å²) in [7, 11) is 0. The van der Waals surface area contributed by atoms with Crippen molar-refractivity contribution in [2.75, 3.05) is 26.4 Å². The molecule has 0 atom stereocenters. The summed E-state index contributed by atoms with van der Waals surface area (Å²) < 4.78 is 11.8. The first-order valence-corrected chi connectivity index (χ1v) is 8.97. The molecule has 0 aliphatic heterocycles. The number of benzene rings is 2. The molecule has 0 aliphatic rings. The Morgan fingerprint density at radius 3 is 1.60 bits per heavy atom. The monoisotopic (exact) mass is 344 g/mol. The van der Waals surface area contributed by atoms with Crippen molar-refractivity contribution in [1.29, 1.82) is 0 Å². The maximum Gasteiger partial charge on any atom is 0.123 e. The van der Waals surface area contributed by atoms with Gasteiger partial charge in [0.25, 0.3) is 0 Å². The molecule has 4 nitrogen and oxygen atoms in total. The average molecular weight is 344 g/mol. The molecular weight excluding hydrogens is 316 g/mol. The molecule has 2 N–H and O–H groups in total. The Balaban J connectivity index is 2.28. The van der Waals surface area contributed by atoms with Crippen molar-refractivity contribution in [2.45, 2.75) is 32.1 Å². The van der Waals surface area contributed by atoms with E-state index in [0.717, 1.165) is 29.0 Å². The molecule has 0 aliphatic carbocycles. The summed E-state index contributed by atoms with van der Waals surface area (Å²) in [6, 6.07) is 16.1. The Kier molecular flexibility index (Phi) is 8.29. The first kappa shape index (κ1) is 19.3. The molecule has 25 heavy (non-hydrogen) atoms. The molecule has 0 amide bonds. The zero-order valence-electron chi connectivity index (χ0n) is 14.9. The number of aliphatic hydroxyl groups is 2. The highest BCUT2D eigenvalue weighted by Gasteiger charge is 2.20. The van der Waals surface area contributed by atoms with Crippen molar-refractivity contribution in [3.05, 3.63) is 59.7 Å². The lowest BCUT2D eigenvalue weighted by atomic mass is 9.88. The molecule has 4 heteroatoms. The van der Waals surface area contributed by atoms with Gasteiger partial charge in [0, 0.05) is 43.1 Å². The first-order chi connectivity index (χ1) is 12.3. The van der Waals surface area contributed by atoms with Crippen LogP contribution in [0.15, 0.2) is 48.5 Å². The average Bonchev–Trinajstić information content (AvgIpc) is 2.65. The predicted molar refractivity (Wildman–Crippen MR) is 99.4 cm³/mol. The molecule has 0 unspecified atom stereocenters. The minimum absolute atomic E-state index is 0.126. The van der Waals surface area contributed by atoms with Gasteiger partial charge in [-0.1, -0.05) is 43.3 Å². The third-order valence-corrected chi connectivity index (χ3v) is 4.12. The van der Waals surface area contributed by atoms with Gasteiger partial charge in [-0.25, -0.2) is 0 Å². The zero-order chi connectivity index (χ0) is 17.9. The quantitative estimate of drug-likeness (QED) is 0.610. The molecule has 0 heterocycles. The summed E-state index contributed by atoms with van der Waals surface area (Å²) in [6.07, 6.45) is 2.15. The molecule has 136 valence electrons. The Bertz CT molecular complexity index is 573. The fraction of sp³-hybridized carbons (Fsp3) is 0.429. The van der Waals surface area contributed by atoms with Gasteiger partial charge in [-0.15, -0.1) is 0 Å². The summed E-state index contributed by atoms with van der Waals surface area (Å²) in [5.74, 6) is 1.87. The molecule has 0 radical (unpaired) electrons. The van der Waals surface area contributed by atoms with Crippen LogP contribution in [0.3, 0.4) is 0 Å². The van der Waals surface area contributed by atoms with Gasteiger partial charge in [0.15, 0.2) is 0 Å². The van der Waals surface area contributed by atoms with Crippen LogP contribution in [0.5, 0.6) is 11.5 Å². The van der Waals surface area contributed by atoms with Crippen LogP contribution in [-0.2, 0) is 0 Å². The van der Waals surface area contributed by atoms with E-state index in [1.807, 2.05) is 36.4 Å². The maximum absolute atomic E-state index is 8.97. The van der Waals surface area contributed by atoms with Gasteiger partial charge in [0.1, 0.15) is 11.5 Å². The molecule has 2 rings (SSSR count). The van der Waals surface area contributed by atoms with Crippen LogP contribution in [0.25, 0.3) is 0 Å². The van der Waals surface area contributed by atoms with Crippen molar-refractivity contribution in [3.8, 4) is 11.5 Å². The van der Waals surface area contributed by atoms with E-state index in [-0.39, 0.29) is 19.1 Å². The molecule has 2 aromatic carbocycles. The number of hydrogen-bond donors (Lipinski definition) is 2. The maximum atomic E-state index is 8.97. The standard InChI is InChI=1S/C21H28O4/c1-2-17(18-9-3-5-11-20(18)24-15-7-13-22)19-10-4-6-12-21(19)25-16-8-14-23/h3-6,9-12,17,22-23H,2,7-8,13-16H2,1H3. The van der Waals surface area contributed by atoms with E-state index in [2.05, 4.69) is 19.1 Å². The van der Waals surface area contributed by atoms with Gasteiger partial charge < -0.3 is 19.7 Å². The third-order valence-electron chi connectivity index (χ3n) is 4.12. The van der Waals surface area contributed by atoms with Crippen LogP contribution >= 0.6 is 0 Å². The Morgan fingerprint density at radius 2 is 1.20 bits per heavy atom. The number of hydrogen-bond acceptors (Lipinski definition) is 4. The Labute approximate surface area is 150 Å². The molecule has 0 bridgehead atoms. The van der Waals surface area contributed by atoms with Gasteiger partial charge in [-0.3, -0.25) is 0 Å². The first-order valence-electron chi connectivity index (χ1n) is 8.97. The van der Waals surface area contributed by atoms with Crippen molar-refractivity contribution in [2.24, 2.45) is 0 Å². The van der Waals surface area contributed by atoms with E-state index in [0.29, 0.717) is 26.1 Å². The van der Waals surface area contributed by atoms with Crippen LogP contribution in [0, 0.1) is 0 Å². The van der Waals surface area contributed by atoms with Crippen molar-refractivity contribution in [1.82, 2.24) is 0 Å².